The van der Waals surface area contributed by atoms with Gasteiger partial charge < -0.3 is 9.53 Å². The van der Waals surface area contributed by atoms with E-state index in [0.29, 0.717) is 6.61 Å². The highest BCUT2D eigenvalue weighted by Crippen LogP contribution is 2.36. The summed E-state index contributed by atoms with van der Waals surface area (Å²) in [5.41, 5.74) is 1.33. The van der Waals surface area contributed by atoms with E-state index in [9.17, 15) is 0 Å². The average molecular weight is 383 g/mol. The van der Waals surface area contributed by atoms with E-state index in [4.69, 9.17) is 9.53 Å². The van der Waals surface area contributed by atoms with Crippen LogP contribution in [0.2, 0.25) is 5.04 Å². The zero-order chi connectivity index (χ0) is 19.8. The minimum atomic E-state index is -2.44. The Bertz CT molecular complexity index is 663. The maximum absolute atomic E-state index is 8.96. The molecule has 0 unspecified atom stereocenters. The molecular formula is C24H34O2Si. The molecule has 2 aromatic carbocycles. The van der Waals surface area contributed by atoms with Crippen LogP contribution in [0.15, 0.2) is 72.3 Å². The topological polar surface area (TPSA) is 29.5 Å². The molecule has 0 saturated heterocycles. The van der Waals surface area contributed by atoms with E-state index >= 15 is 0 Å². The lowest BCUT2D eigenvalue weighted by atomic mass is 10.1. The molecule has 2 aromatic rings. The fourth-order valence-corrected chi connectivity index (χ4v) is 8.18. The van der Waals surface area contributed by atoms with Gasteiger partial charge in [-0.25, -0.2) is 0 Å². The first-order valence-corrected chi connectivity index (χ1v) is 11.8. The second-order valence-corrected chi connectivity index (χ2v) is 12.5. The summed E-state index contributed by atoms with van der Waals surface area (Å²) >= 11 is 0. The molecule has 0 radical (unpaired) electrons. The van der Waals surface area contributed by atoms with Crippen molar-refractivity contribution in [2.24, 2.45) is 0 Å². The highest BCUT2D eigenvalue weighted by atomic mass is 28.4. The van der Waals surface area contributed by atoms with Crippen LogP contribution in [0.3, 0.4) is 0 Å². The molecule has 0 spiro atoms. The Hall–Kier alpha value is -1.68. The van der Waals surface area contributed by atoms with Gasteiger partial charge in [0, 0.05) is 6.61 Å². The summed E-state index contributed by atoms with van der Waals surface area (Å²) in [6.07, 6.45) is 5.13. The third-order valence-electron chi connectivity index (χ3n) is 5.13. The van der Waals surface area contributed by atoms with Crippen LogP contribution in [-0.4, -0.2) is 26.6 Å². The Balaban J connectivity index is 2.37. The van der Waals surface area contributed by atoms with Crippen molar-refractivity contribution in [1.29, 1.82) is 0 Å². The van der Waals surface area contributed by atoms with Gasteiger partial charge in [0.1, 0.15) is 0 Å². The highest BCUT2D eigenvalue weighted by molar-refractivity contribution is 6.99. The number of aliphatic hydroxyl groups is 1. The summed E-state index contributed by atoms with van der Waals surface area (Å²) < 4.78 is 6.86. The van der Waals surface area contributed by atoms with E-state index in [1.54, 1.807) is 0 Å². The van der Waals surface area contributed by atoms with Crippen molar-refractivity contribution in [3.8, 4) is 0 Å². The Kier molecular flexibility index (Phi) is 8.02. The zero-order valence-electron chi connectivity index (χ0n) is 17.2. The molecule has 2 nitrogen and oxygen atoms in total. The third-order valence-corrected chi connectivity index (χ3v) is 10.1. The van der Waals surface area contributed by atoms with Crippen molar-refractivity contribution in [3.63, 3.8) is 0 Å². The molecule has 0 aromatic heterocycles. The lowest BCUT2D eigenvalue weighted by molar-refractivity contribution is 0.284. The predicted molar refractivity (Wildman–Crippen MR) is 118 cm³/mol. The Morgan fingerprint density at radius 2 is 1.44 bits per heavy atom. The summed E-state index contributed by atoms with van der Waals surface area (Å²) in [6, 6.07) is 21.5. The standard InChI is InChI=1S/C24H34O2Si/c1-21(13-11-12-19-25)18-20-26-27(24(2,3)4,22-14-7-5-8-15-22)23-16-9-6-10-17-23/h5-10,14-18,25H,11-13,19-20H2,1-4H3/b21-18+. The minimum Gasteiger partial charge on any atom is -0.404 e. The summed E-state index contributed by atoms with van der Waals surface area (Å²) in [4.78, 5) is 0. The lowest BCUT2D eigenvalue weighted by Gasteiger charge is -2.42. The summed E-state index contributed by atoms with van der Waals surface area (Å²) in [6.45, 7) is 9.96. The maximum Gasteiger partial charge on any atom is 0.261 e. The molecular weight excluding hydrogens is 348 g/mol. The van der Waals surface area contributed by atoms with E-state index in [-0.39, 0.29) is 11.6 Å². The fraction of sp³-hybridized carbons (Fsp3) is 0.417. The van der Waals surface area contributed by atoms with Crippen LogP contribution in [0.1, 0.15) is 47.0 Å². The first-order valence-electron chi connectivity index (χ1n) is 9.93. The number of unbranched alkanes of at least 4 members (excludes halogenated alkanes) is 1. The number of benzene rings is 2. The molecule has 0 aliphatic rings. The monoisotopic (exact) mass is 382 g/mol. The molecule has 0 bridgehead atoms. The first kappa shape index (κ1) is 21.6. The lowest BCUT2D eigenvalue weighted by Crippen LogP contribution is -2.66. The van der Waals surface area contributed by atoms with Crippen molar-refractivity contribution >= 4 is 18.7 Å². The summed E-state index contributed by atoms with van der Waals surface area (Å²) in [5.74, 6) is 0. The molecule has 0 aliphatic carbocycles. The molecule has 0 atom stereocenters. The fourth-order valence-electron chi connectivity index (χ4n) is 3.69. The number of rotatable bonds is 9. The van der Waals surface area contributed by atoms with Gasteiger partial charge in [0.2, 0.25) is 0 Å². The van der Waals surface area contributed by atoms with Gasteiger partial charge in [-0.1, -0.05) is 93.1 Å². The van der Waals surface area contributed by atoms with Crippen molar-refractivity contribution in [1.82, 2.24) is 0 Å². The number of hydrogen-bond acceptors (Lipinski definition) is 2. The van der Waals surface area contributed by atoms with E-state index < -0.39 is 8.32 Å². The first-order chi connectivity index (χ1) is 12.9. The molecule has 0 heterocycles. The van der Waals surface area contributed by atoms with Crippen molar-refractivity contribution < 1.29 is 9.53 Å². The SMILES string of the molecule is C/C(=C\CO[Si](c1ccccc1)(c1ccccc1)C(C)(C)C)CCCCO. The van der Waals surface area contributed by atoms with Crippen LogP contribution >= 0.6 is 0 Å². The van der Waals surface area contributed by atoms with E-state index in [1.165, 1.54) is 15.9 Å². The quantitative estimate of drug-likeness (QED) is 0.388. The van der Waals surface area contributed by atoms with Crippen LogP contribution in [-0.2, 0) is 4.43 Å². The minimum absolute atomic E-state index is 0.00827. The van der Waals surface area contributed by atoms with Crippen LogP contribution in [0.5, 0.6) is 0 Å². The molecule has 146 valence electrons. The Morgan fingerprint density at radius 3 is 1.89 bits per heavy atom. The predicted octanol–water partition coefficient (Wildman–Crippen LogP) is 4.67. The molecule has 3 heteroatoms. The van der Waals surface area contributed by atoms with E-state index in [2.05, 4.69) is 94.4 Å². The van der Waals surface area contributed by atoms with Gasteiger partial charge in [-0.3, -0.25) is 0 Å². The molecule has 2 rings (SSSR count). The maximum atomic E-state index is 8.96. The van der Waals surface area contributed by atoms with Gasteiger partial charge in [0.05, 0.1) is 6.61 Å². The van der Waals surface area contributed by atoms with Gasteiger partial charge in [-0.2, -0.15) is 0 Å². The van der Waals surface area contributed by atoms with Gasteiger partial charge >= 0.3 is 0 Å². The normalized spacial score (nSPS) is 13.0. The smallest absolute Gasteiger partial charge is 0.261 e. The van der Waals surface area contributed by atoms with Crippen LogP contribution in [0.4, 0.5) is 0 Å². The molecule has 0 amide bonds. The Morgan fingerprint density at radius 1 is 0.926 bits per heavy atom. The van der Waals surface area contributed by atoms with Crippen LogP contribution < -0.4 is 10.4 Å². The van der Waals surface area contributed by atoms with Crippen molar-refractivity contribution in [2.75, 3.05) is 13.2 Å². The number of allylic oxidation sites excluding steroid dienone is 1. The third kappa shape index (κ3) is 5.41. The largest absolute Gasteiger partial charge is 0.404 e. The van der Waals surface area contributed by atoms with Crippen molar-refractivity contribution in [3.05, 3.63) is 72.3 Å². The zero-order valence-corrected chi connectivity index (χ0v) is 18.2. The highest BCUT2D eigenvalue weighted by Gasteiger charge is 2.49. The summed E-state index contributed by atoms with van der Waals surface area (Å²) in [5, 5.41) is 11.6. The number of aliphatic hydroxyl groups excluding tert-OH is 1. The van der Waals surface area contributed by atoms with Crippen LogP contribution in [0, 0.1) is 0 Å². The van der Waals surface area contributed by atoms with Crippen molar-refractivity contribution in [2.45, 2.75) is 52.0 Å². The summed E-state index contributed by atoms with van der Waals surface area (Å²) in [7, 11) is -2.44. The second-order valence-electron chi connectivity index (χ2n) is 8.21. The molecule has 0 fully saturated rings. The van der Waals surface area contributed by atoms with Gasteiger partial charge in [-0.05, 0) is 41.6 Å². The van der Waals surface area contributed by atoms with E-state index in [0.717, 1.165) is 19.3 Å². The molecule has 0 saturated carbocycles. The van der Waals surface area contributed by atoms with Crippen LogP contribution in [0.25, 0.3) is 0 Å². The van der Waals surface area contributed by atoms with Gasteiger partial charge in [-0.15, -0.1) is 0 Å². The molecule has 1 N–H and O–H groups in total. The van der Waals surface area contributed by atoms with E-state index in [1.807, 2.05) is 0 Å². The molecule has 27 heavy (non-hydrogen) atoms. The average Bonchev–Trinajstić information content (AvgIpc) is 2.66. The van der Waals surface area contributed by atoms with Gasteiger partial charge in [0.25, 0.3) is 8.32 Å². The number of hydrogen-bond donors (Lipinski definition) is 1. The Labute approximate surface area is 166 Å². The molecule has 0 aliphatic heterocycles. The van der Waals surface area contributed by atoms with Gasteiger partial charge in [0.15, 0.2) is 0 Å². The second kappa shape index (κ2) is 10.0.